The van der Waals surface area contributed by atoms with Crippen molar-refractivity contribution in [1.29, 1.82) is 0 Å². The fourth-order valence-electron chi connectivity index (χ4n) is 7.01. The van der Waals surface area contributed by atoms with Crippen LogP contribution in [0.4, 0.5) is 0 Å². The molecule has 3 N–H and O–H groups in total. The molecule has 0 saturated carbocycles. The normalized spacial score (nSPS) is 13.5. The number of carbonyl (C=O) groups is 2. The van der Waals surface area contributed by atoms with Crippen LogP contribution in [-0.4, -0.2) is 46.9 Å². The molecule has 6 nitrogen and oxygen atoms in total. The van der Waals surface area contributed by atoms with E-state index in [9.17, 15) is 19.8 Å². The van der Waals surface area contributed by atoms with Gasteiger partial charge in [-0.25, -0.2) is 0 Å². The van der Waals surface area contributed by atoms with Crippen molar-refractivity contribution >= 4 is 11.9 Å². The maximum absolute atomic E-state index is 13.1. The number of hydrogen-bond donors (Lipinski definition) is 3. The molecule has 0 aliphatic carbocycles. The third-order valence-corrected chi connectivity index (χ3v) is 10.5. The zero-order valence-corrected chi connectivity index (χ0v) is 35.4. The molecule has 1 amide bonds. The lowest BCUT2D eigenvalue weighted by molar-refractivity contribution is -0.150. The standard InChI is InChI=1S/C47H89NO5/c1-4-7-10-13-16-18-20-22-24-25-27-30-33-36-39-45(50)44(42-49)48-46(51)41-43(38-35-32-29-15-12-9-6-3)53-47(52)40-37-34-31-28-26-23-21-19-17-14-11-8-5-2/h23,26,31,34,43-45,49-50H,4-22,24-25,27-30,32-33,35-42H2,1-3H3,(H,48,51)/b26-23-,34-31+. The predicted molar refractivity (Wildman–Crippen MR) is 227 cm³/mol. The van der Waals surface area contributed by atoms with Crippen LogP contribution in [0.3, 0.4) is 0 Å². The molecule has 312 valence electrons. The van der Waals surface area contributed by atoms with Crippen molar-refractivity contribution in [1.82, 2.24) is 5.32 Å². The Bertz CT molecular complexity index is 843. The van der Waals surface area contributed by atoms with E-state index in [-0.39, 0.29) is 24.9 Å². The van der Waals surface area contributed by atoms with Gasteiger partial charge in [-0.3, -0.25) is 9.59 Å². The van der Waals surface area contributed by atoms with Gasteiger partial charge in [-0.15, -0.1) is 0 Å². The van der Waals surface area contributed by atoms with Gasteiger partial charge in [-0.2, -0.15) is 0 Å². The number of carbonyl (C=O) groups excluding carboxylic acids is 2. The Morgan fingerprint density at radius 2 is 0.962 bits per heavy atom. The van der Waals surface area contributed by atoms with Gasteiger partial charge in [0, 0.05) is 6.42 Å². The van der Waals surface area contributed by atoms with E-state index >= 15 is 0 Å². The van der Waals surface area contributed by atoms with Gasteiger partial charge >= 0.3 is 5.97 Å². The molecule has 0 aliphatic heterocycles. The molecule has 3 atom stereocenters. The van der Waals surface area contributed by atoms with Gasteiger partial charge in [0.25, 0.3) is 0 Å². The van der Waals surface area contributed by atoms with E-state index in [1.165, 1.54) is 135 Å². The van der Waals surface area contributed by atoms with E-state index in [0.29, 0.717) is 25.7 Å². The second-order valence-electron chi connectivity index (χ2n) is 15.8. The smallest absolute Gasteiger partial charge is 0.306 e. The highest BCUT2D eigenvalue weighted by molar-refractivity contribution is 5.77. The summed E-state index contributed by atoms with van der Waals surface area (Å²) in [7, 11) is 0. The Kier molecular flexibility index (Phi) is 40.2. The second-order valence-corrected chi connectivity index (χ2v) is 15.8. The first-order chi connectivity index (χ1) is 26.0. The minimum absolute atomic E-state index is 0.0584. The molecule has 0 spiro atoms. The van der Waals surface area contributed by atoms with Crippen LogP contribution in [0.5, 0.6) is 0 Å². The molecule has 0 heterocycles. The number of allylic oxidation sites excluding steroid dienone is 4. The first-order valence-corrected chi connectivity index (χ1v) is 23.1. The number of amides is 1. The SMILES string of the molecule is CCCCCCCC/C=C\C/C=C/CCC(=O)OC(CCCCCCCCC)CC(=O)NC(CO)C(O)CCCCCCCCCCCCCCCC. The van der Waals surface area contributed by atoms with Crippen molar-refractivity contribution in [3.63, 3.8) is 0 Å². The number of ether oxygens (including phenoxy) is 1. The molecule has 0 aromatic rings. The monoisotopic (exact) mass is 748 g/mol. The van der Waals surface area contributed by atoms with Crippen LogP contribution in [0.25, 0.3) is 0 Å². The van der Waals surface area contributed by atoms with Crippen LogP contribution < -0.4 is 5.32 Å². The molecule has 3 unspecified atom stereocenters. The topological polar surface area (TPSA) is 95.9 Å². The van der Waals surface area contributed by atoms with Gasteiger partial charge in [0.05, 0.1) is 25.2 Å². The molecule has 0 aromatic heterocycles. The van der Waals surface area contributed by atoms with Crippen molar-refractivity contribution in [3.8, 4) is 0 Å². The number of aliphatic hydroxyl groups excluding tert-OH is 2. The lowest BCUT2D eigenvalue weighted by Gasteiger charge is -2.24. The summed E-state index contributed by atoms with van der Waals surface area (Å²) < 4.78 is 5.83. The number of unbranched alkanes of at least 4 members (excludes halogenated alkanes) is 25. The average molecular weight is 748 g/mol. The molecular weight excluding hydrogens is 659 g/mol. The van der Waals surface area contributed by atoms with Gasteiger partial charge in [-0.05, 0) is 44.9 Å². The quantitative estimate of drug-likeness (QED) is 0.0329. The Hall–Kier alpha value is -1.66. The van der Waals surface area contributed by atoms with Gasteiger partial charge < -0.3 is 20.3 Å². The number of nitrogens with one attached hydrogen (secondary N) is 1. The minimum Gasteiger partial charge on any atom is -0.462 e. The highest BCUT2D eigenvalue weighted by Gasteiger charge is 2.24. The summed E-state index contributed by atoms with van der Waals surface area (Å²) in [5.74, 6) is -0.553. The van der Waals surface area contributed by atoms with Crippen LogP contribution in [0.2, 0.25) is 0 Å². The van der Waals surface area contributed by atoms with Crippen LogP contribution in [0.1, 0.15) is 239 Å². The zero-order valence-electron chi connectivity index (χ0n) is 35.4. The third-order valence-electron chi connectivity index (χ3n) is 10.5. The van der Waals surface area contributed by atoms with Crippen LogP contribution >= 0.6 is 0 Å². The second kappa shape index (κ2) is 41.5. The first-order valence-electron chi connectivity index (χ1n) is 23.1. The zero-order chi connectivity index (χ0) is 38.9. The fourth-order valence-corrected chi connectivity index (χ4v) is 7.01. The molecule has 0 bridgehead atoms. The summed E-state index contributed by atoms with van der Waals surface area (Å²) >= 11 is 0. The Morgan fingerprint density at radius 1 is 0.547 bits per heavy atom. The molecule has 0 rings (SSSR count). The first kappa shape index (κ1) is 51.3. The van der Waals surface area contributed by atoms with Crippen molar-refractivity contribution < 1.29 is 24.5 Å². The molecular formula is C47H89NO5. The van der Waals surface area contributed by atoms with Crippen molar-refractivity contribution in [3.05, 3.63) is 24.3 Å². The summed E-state index contributed by atoms with van der Waals surface area (Å²) in [5.41, 5.74) is 0. The number of rotatable bonds is 41. The number of hydrogen-bond acceptors (Lipinski definition) is 5. The van der Waals surface area contributed by atoms with Crippen molar-refractivity contribution in [2.75, 3.05) is 6.61 Å². The van der Waals surface area contributed by atoms with Crippen LogP contribution in [0, 0.1) is 0 Å². The third kappa shape index (κ3) is 37.1. The molecule has 0 fully saturated rings. The highest BCUT2D eigenvalue weighted by atomic mass is 16.5. The summed E-state index contributed by atoms with van der Waals surface area (Å²) in [6.07, 6.45) is 45.4. The molecule has 0 aromatic carbocycles. The maximum atomic E-state index is 13.1. The maximum Gasteiger partial charge on any atom is 0.306 e. The van der Waals surface area contributed by atoms with Gasteiger partial charge in [0.1, 0.15) is 6.10 Å². The molecule has 6 heteroatoms. The summed E-state index contributed by atoms with van der Waals surface area (Å²) in [6, 6.07) is -0.704. The van der Waals surface area contributed by atoms with E-state index in [2.05, 4.69) is 44.3 Å². The summed E-state index contributed by atoms with van der Waals surface area (Å²) in [6.45, 7) is 6.42. The number of aliphatic hydroxyl groups is 2. The van der Waals surface area contributed by atoms with Crippen LogP contribution in [-0.2, 0) is 14.3 Å². The highest BCUT2D eigenvalue weighted by Crippen LogP contribution is 2.17. The molecule has 0 radical (unpaired) electrons. The van der Waals surface area contributed by atoms with E-state index in [1.54, 1.807) is 0 Å². The van der Waals surface area contributed by atoms with Crippen molar-refractivity contribution in [2.45, 2.75) is 257 Å². The van der Waals surface area contributed by atoms with E-state index < -0.39 is 18.2 Å². The largest absolute Gasteiger partial charge is 0.462 e. The Labute approximate surface area is 329 Å². The minimum atomic E-state index is -0.789. The van der Waals surface area contributed by atoms with Gasteiger partial charge in [-0.1, -0.05) is 206 Å². The summed E-state index contributed by atoms with van der Waals surface area (Å²) in [4.78, 5) is 25.8. The molecule has 0 saturated heterocycles. The van der Waals surface area contributed by atoms with E-state index in [0.717, 1.165) is 51.4 Å². The van der Waals surface area contributed by atoms with Crippen LogP contribution in [0.15, 0.2) is 24.3 Å². The average Bonchev–Trinajstić information content (AvgIpc) is 3.15. The predicted octanol–water partition coefficient (Wildman–Crippen LogP) is 13.2. The van der Waals surface area contributed by atoms with Gasteiger partial charge in [0.2, 0.25) is 5.91 Å². The lowest BCUT2D eigenvalue weighted by atomic mass is 10.0. The lowest BCUT2D eigenvalue weighted by Crippen LogP contribution is -2.46. The molecule has 0 aliphatic rings. The Balaban J connectivity index is 4.47. The Morgan fingerprint density at radius 3 is 1.43 bits per heavy atom. The van der Waals surface area contributed by atoms with Crippen molar-refractivity contribution in [2.24, 2.45) is 0 Å². The van der Waals surface area contributed by atoms with Gasteiger partial charge in [0.15, 0.2) is 0 Å². The van der Waals surface area contributed by atoms with E-state index in [4.69, 9.17) is 4.74 Å². The van der Waals surface area contributed by atoms with E-state index in [1.807, 2.05) is 6.08 Å². The fraction of sp³-hybridized carbons (Fsp3) is 0.872. The summed E-state index contributed by atoms with van der Waals surface area (Å²) in [5, 5.41) is 23.6. The molecule has 53 heavy (non-hydrogen) atoms. The number of esters is 1.